The van der Waals surface area contributed by atoms with Gasteiger partial charge in [-0.3, -0.25) is 0 Å². The van der Waals surface area contributed by atoms with Gasteiger partial charge in [0.2, 0.25) is 0 Å². The van der Waals surface area contributed by atoms with Crippen LogP contribution in [-0.2, 0) is 19.1 Å². The number of carbonyl (C=O) groups is 2. The zero-order valence-electron chi connectivity index (χ0n) is 15.3. The summed E-state index contributed by atoms with van der Waals surface area (Å²) in [7, 11) is 0. The lowest BCUT2D eigenvalue weighted by Gasteiger charge is -2.19. The largest absolute Gasteiger partial charge is 0.462 e. The van der Waals surface area contributed by atoms with Crippen molar-refractivity contribution in [1.29, 1.82) is 0 Å². The molecule has 1 fully saturated rings. The van der Waals surface area contributed by atoms with Gasteiger partial charge in [0.05, 0.1) is 18.8 Å². The molecule has 23 heavy (non-hydrogen) atoms. The van der Waals surface area contributed by atoms with Crippen molar-refractivity contribution >= 4 is 11.9 Å². The molecule has 0 aromatic heterocycles. The van der Waals surface area contributed by atoms with Gasteiger partial charge in [-0.1, -0.05) is 47.5 Å². The van der Waals surface area contributed by atoms with Crippen LogP contribution in [0.4, 0.5) is 0 Å². The molecule has 0 atom stereocenters. The molecule has 0 aromatic rings. The van der Waals surface area contributed by atoms with Gasteiger partial charge >= 0.3 is 11.9 Å². The Hall–Kier alpha value is -1.32. The predicted molar refractivity (Wildman–Crippen MR) is 90.9 cm³/mol. The van der Waals surface area contributed by atoms with Crippen LogP contribution in [0.25, 0.3) is 0 Å². The summed E-state index contributed by atoms with van der Waals surface area (Å²) in [5.74, 6) is 0.00591. The predicted octanol–water partition coefficient (Wildman–Crippen LogP) is 4.28. The van der Waals surface area contributed by atoms with Crippen molar-refractivity contribution in [2.75, 3.05) is 13.2 Å². The Morgan fingerprint density at radius 2 is 1.39 bits per heavy atom. The molecule has 1 aliphatic carbocycles. The van der Waals surface area contributed by atoms with E-state index in [-0.39, 0.29) is 29.7 Å². The summed E-state index contributed by atoms with van der Waals surface area (Å²) in [6.45, 7) is 10.7. The number of hydrogen-bond donors (Lipinski definition) is 0. The fourth-order valence-electron chi connectivity index (χ4n) is 2.85. The molecular formula is C19H32O4. The van der Waals surface area contributed by atoms with Gasteiger partial charge in [0.25, 0.3) is 0 Å². The van der Waals surface area contributed by atoms with Crippen LogP contribution >= 0.6 is 0 Å². The smallest absolute Gasteiger partial charge is 0.334 e. The van der Waals surface area contributed by atoms with Crippen LogP contribution in [0.2, 0.25) is 0 Å². The molecular weight excluding hydrogens is 292 g/mol. The number of hydrogen-bond acceptors (Lipinski definition) is 4. The summed E-state index contributed by atoms with van der Waals surface area (Å²) in [6.07, 6.45) is 4.60. The zero-order chi connectivity index (χ0) is 17.4. The minimum absolute atomic E-state index is 0.135. The Morgan fingerprint density at radius 3 is 1.83 bits per heavy atom. The molecule has 0 N–H and O–H groups in total. The fraction of sp³-hybridized carbons (Fsp3) is 0.789. The molecule has 0 spiro atoms. The number of carbonyl (C=O) groups excluding carboxylic acids is 2. The maximum Gasteiger partial charge on any atom is 0.334 e. The van der Waals surface area contributed by atoms with Crippen LogP contribution in [0.5, 0.6) is 0 Å². The maximum absolute atomic E-state index is 12.6. The Balaban J connectivity index is 3.00. The first-order valence-corrected chi connectivity index (χ1v) is 8.94. The van der Waals surface area contributed by atoms with E-state index in [0.29, 0.717) is 30.8 Å². The number of esters is 2. The molecule has 0 radical (unpaired) electrons. The quantitative estimate of drug-likeness (QED) is 0.494. The Morgan fingerprint density at radius 1 is 0.913 bits per heavy atom. The first-order chi connectivity index (χ1) is 10.9. The van der Waals surface area contributed by atoms with Crippen LogP contribution in [0, 0.1) is 17.8 Å². The SMILES string of the molecule is CCC(C(=O)OCC(C)C)=C(C(=O)OCC(C)C)C1CCCC1. The Kier molecular flexibility index (Phi) is 8.35. The van der Waals surface area contributed by atoms with Crippen LogP contribution in [0.1, 0.15) is 66.7 Å². The first-order valence-electron chi connectivity index (χ1n) is 8.94. The molecule has 1 aliphatic rings. The van der Waals surface area contributed by atoms with Gasteiger partial charge in [0, 0.05) is 5.57 Å². The van der Waals surface area contributed by atoms with E-state index in [1.54, 1.807) is 0 Å². The summed E-state index contributed by atoms with van der Waals surface area (Å²) < 4.78 is 10.8. The van der Waals surface area contributed by atoms with Crippen LogP contribution < -0.4 is 0 Å². The summed E-state index contributed by atoms with van der Waals surface area (Å²) in [5.41, 5.74) is 1.07. The van der Waals surface area contributed by atoms with Crippen LogP contribution in [0.3, 0.4) is 0 Å². The molecule has 0 heterocycles. The second-order valence-electron chi connectivity index (χ2n) is 7.21. The molecule has 4 nitrogen and oxygen atoms in total. The third kappa shape index (κ3) is 6.36. The van der Waals surface area contributed by atoms with E-state index < -0.39 is 0 Å². The fourth-order valence-corrected chi connectivity index (χ4v) is 2.85. The monoisotopic (exact) mass is 324 g/mol. The van der Waals surface area contributed by atoms with E-state index in [1.807, 2.05) is 34.6 Å². The first kappa shape index (κ1) is 19.7. The average molecular weight is 324 g/mol. The van der Waals surface area contributed by atoms with Crippen molar-refractivity contribution in [3.63, 3.8) is 0 Å². The maximum atomic E-state index is 12.6. The van der Waals surface area contributed by atoms with Crippen molar-refractivity contribution in [2.24, 2.45) is 17.8 Å². The van der Waals surface area contributed by atoms with Crippen LogP contribution in [-0.4, -0.2) is 25.2 Å². The van der Waals surface area contributed by atoms with E-state index in [4.69, 9.17) is 9.47 Å². The summed E-state index contributed by atoms with van der Waals surface area (Å²) >= 11 is 0. The minimum atomic E-state index is -0.357. The highest BCUT2D eigenvalue weighted by atomic mass is 16.5. The van der Waals surface area contributed by atoms with E-state index >= 15 is 0 Å². The highest BCUT2D eigenvalue weighted by Gasteiger charge is 2.31. The summed E-state index contributed by atoms with van der Waals surface area (Å²) in [4.78, 5) is 25.0. The average Bonchev–Trinajstić information content (AvgIpc) is 3.01. The van der Waals surface area contributed by atoms with Crippen molar-refractivity contribution in [3.8, 4) is 0 Å². The van der Waals surface area contributed by atoms with Gasteiger partial charge in [-0.2, -0.15) is 0 Å². The van der Waals surface area contributed by atoms with Crippen molar-refractivity contribution in [2.45, 2.75) is 66.7 Å². The minimum Gasteiger partial charge on any atom is -0.462 e. The summed E-state index contributed by atoms with van der Waals surface area (Å²) in [6, 6.07) is 0. The lowest BCUT2D eigenvalue weighted by atomic mass is 9.91. The summed E-state index contributed by atoms with van der Waals surface area (Å²) in [5, 5.41) is 0. The molecule has 0 saturated heterocycles. The lowest BCUT2D eigenvalue weighted by Crippen LogP contribution is -2.23. The topological polar surface area (TPSA) is 52.6 Å². The molecule has 0 bridgehead atoms. The lowest BCUT2D eigenvalue weighted by molar-refractivity contribution is -0.144. The Labute approximate surface area is 140 Å². The Bertz CT molecular complexity index is 429. The van der Waals surface area contributed by atoms with Crippen molar-refractivity contribution in [1.82, 2.24) is 0 Å². The van der Waals surface area contributed by atoms with Crippen LogP contribution in [0.15, 0.2) is 11.1 Å². The van der Waals surface area contributed by atoms with E-state index in [0.717, 1.165) is 25.7 Å². The van der Waals surface area contributed by atoms with E-state index in [2.05, 4.69) is 0 Å². The number of rotatable bonds is 8. The van der Waals surface area contributed by atoms with Crippen molar-refractivity contribution in [3.05, 3.63) is 11.1 Å². The number of ether oxygens (including phenoxy) is 2. The third-order valence-electron chi connectivity index (χ3n) is 4.00. The van der Waals surface area contributed by atoms with Gasteiger partial charge in [0.1, 0.15) is 0 Å². The zero-order valence-corrected chi connectivity index (χ0v) is 15.3. The van der Waals surface area contributed by atoms with Gasteiger partial charge < -0.3 is 9.47 Å². The molecule has 1 rings (SSSR count). The highest BCUT2D eigenvalue weighted by Crippen LogP contribution is 2.34. The molecule has 132 valence electrons. The third-order valence-corrected chi connectivity index (χ3v) is 4.00. The molecule has 0 unspecified atom stereocenters. The van der Waals surface area contributed by atoms with Gasteiger partial charge in [-0.05, 0) is 37.0 Å². The molecule has 0 aliphatic heterocycles. The molecule has 0 amide bonds. The highest BCUT2D eigenvalue weighted by molar-refractivity contribution is 6.00. The van der Waals surface area contributed by atoms with Gasteiger partial charge in [0.15, 0.2) is 0 Å². The van der Waals surface area contributed by atoms with Gasteiger partial charge in [-0.25, -0.2) is 9.59 Å². The van der Waals surface area contributed by atoms with Crippen molar-refractivity contribution < 1.29 is 19.1 Å². The van der Waals surface area contributed by atoms with Gasteiger partial charge in [-0.15, -0.1) is 0 Å². The normalized spacial score (nSPS) is 16.7. The second kappa shape index (κ2) is 9.74. The molecule has 4 heteroatoms. The molecule has 1 saturated carbocycles. The molecule has 0 aromatic carbocycles. The standard InChI is InChI=1S/C19H32O4/c1-6-16(18(20)22-11-13(2)3)17(15-9-7-8-10-15)19(21)23-12-14(4)5/h13-15H,6-12H2,1-5H3. The second-order valence-corrected chi connectivity index (χ2v) is 7.21. The van der Waals surface area contributed by atoms with E-state index in [9.17, 15) is 9.59 Å². The van der Waals surface area contributed by atoms with E-state index in [1.165, 1.54) is 0 Å².